The Labute approximate surface area is 183 Å². The molecule has 0 spiro atoms. The molecule has 5 aromatic rings. The third-order valence-corrected chi connectivity index (χ3v) is 6.08. The van der Waals surface area contributed by atoms with Crippen molar-refractivity contribution in [3.63, 3.8) is 0 Å². The van der Waals surface area contributed by atoms with Crippen LogP contribution in [0.5, 0.6) is 0 Å². The lowest BCUT2D eigenvalue weighted by atomic mass is 10.0. The van der Waals surface area contributed by atoms with Crippen LogP contribution in [0, 0.1) is 0 Å². The lowest BCUT2D eigenvalue weighted by molar-refractivity contribution is 0.103. The van der Waals surface area contributed by atoms with E-state index in [1.165, 1.54) is 0 Å². The molecule has 0 fully saturated rings. The molecular formula is C26H17ClO2S. The van der Waals surface area contributed by atoms with Gasteiger partial charge in [0.05, 0.1) is 10.4 Å². The van der Waals surface area contributed by atoms with Crippen LogP contribution in [0.4, 0.5) is 0 Å². The molecule has 0 aliphatic heterocycles. The van der Waals surface area contributed by atoms with Crippen molar-refractivity contribution in [3.05, 3.63) is 130 Å². The standard InChI is InChI=1S/C13H7ClOS.C13H10O/c14-9-5-3-7-11-12(9)13(15)8-4-1-2-6-10(8)16-11;14-13(11-7-3-1-4-8-11)12-9-5-2-6-10-12/h1-7H;1-10H. The Bertz CT molecular complexity index is 1340. The molecule has 0 saturated heterocycles. The lowest BCUT2D eigenvalue weighted by Gasteiger charge is -2.01. The maximum atomic E-state index is 12.2. The molecule has 1 aromatic heterocycles. The second-order valence-corrected chi connectivity index (χ2v) is 8.09. The average Bonchev–Trinajstić information content (AvgIpc) is 2.80. The van der Waals surface area contributed by atoms with E-state index in [9.17, 15) is 9.59 Å². The highest BCUT2D eigenvalue weighted by Gasteiger charge is 2.08. The third-order valence-electron chi connectivity index (χ3n) is 4.63. The van der Waals surface area contributed by atoms with E-state index < -0.39 is 0 Å². The van der Waals surface area contributed by atoms with E-state index in [1.807, 2.05) is 97.1 Å². The highest BCUT2D eigenvalue weighted by atomic mass is 35.5. The summed E-state index contributed by atoms with van der Waals surface area (Å²) < 4.78 is 1.94. The van der Waals surface area contributed by atoms with Crippen LogP contribution in [-0.4, -0.2) is 5.78 Å². The van der Waals surface area contributed by atoms with Gasteiger partial charge in [-0.05, 0) is 24.3 Å². The molecule has 0 unspecified atom stereocenters. The van der Waals surface area contributed by atoms with Gasteiger partial charge in [-0.2, -0.15) is 0 Å². The minimum absolute atomic E-state index is 0.0231. The monoisotopic (exact) mass is 428 g/mol. The van der Waals surface area contributed by atoms with Crippen LogP contribution in [0.15, 0.2) is 108 Å². The second kappa shape index (κ2) is 9.04. The SMILES string of the molecule is O=C(c1ccccc1)c1ccccc1.O=c1c2ccccc2sc2cccc(Cl)c12. The predicted octanol–water partition coefficient (Wildman–Crippen LogP) is 6.99. The molecule has 2 nitrogen and oxygen atoms in total. The first kappa shape index (κ1) is 20.0. The van der Waals surface area contributed by atoms with E-state index in [0.717, 1.165) is 25.9 Å². The first-order chi connectivity index (χ1) is 14.6. The van der Waals surface area contributed by atoms with Gasteiger partial charge in [0.15, 0.2) is 11.2 Å². The van der Waals surface area contributed by atoms with Gasteiger partial charge >= 0.3 is 0 Å². The molecule has 0 bridgehead atoms. The van der Waals surface area contributed by atoms with Crippen molar-refractivity contribution in [1.82, 2.24) is 0 Å². The number of hydrogen-bond donors (Lipinski definition) is 0. The van der Waals surface area contributed by atoms with Crippen LogP contribution in [0.25, 0.3) is 20.2 Å². The quantitative estimate of drug-likeness (QED) is 0.224. The molecular weight excluding hydrogens is 412 g/mol. The maximum Gasteiger partial charge on any atom is 0.197 e. The summed E-state index contributed by atoms with van der Waals surface area (Å²) in [6.45, 7) is 0. The number of hydrogen-bond acceptors (Lipinski definition) is 3. The minimum Gasteiger partial charge on any atom is -0.289 e. The fraction of sp³-hybridized carbons (Fsp3) is 0. The predicted molar refractivity (Wildman–Crippen MR) is 127 cm³/mol. The molecule has 146 valence electrons. The summed E-state index contributed by atoms with van der Waals surface area (Å²) in [4.78, 5) is 24.1. The summed E-state index contributed by atoms with van der Waals surface area (Å²) >= 11 is 7.66. The molecule has 0 N–H and O–H groups in total. The van der Waals surface area contributed by atoms with E-state index in [2.05, 4.69) is 0 Å². The maximum absolute atomic E-state index is 12.2. The molecule has 0 aliphatic rings. The highest BCUT2D eigenvalue weighted by Crippen LogP contribution is 2.28. The minimum atomic E-state index is 0.0231. The number of carbonyl (C=O) groups is 1. The van der Waals surface area contributed by atoms with Crippen molar-refractivity contribution in [1.29, 1.82) is 0 Å². The zero-order valence-electron chi connectivity index (χ0n) is 15.9. The van der Waals surface area contributed by atoms with Crippen molar-refractivity contribution >= 4 is 48.9 Å². The molecule has 4 heteroatoms. The number of fused-ring (bicyclic) bond motifs is 2. The summed E-state index contributed by atoms with van der Waals surface area (Å²) in [5.41, 5.74) is 1.49. The van der Waals surface area contributed by atoms with Crippen LogP contribution in [0.3, 0.4) is 0 Å². The zero-order chi connectivity index (χ0) is 20.9. The van der Waals surface area contributed by atoms with E-state index in [4.69, 9.17) is 11.6 Å². The smallest absolute Gasteiger partial charge is 0.197 e. The Hall–Kier alpha value is -3.27. The number of benzene rings is 4. The van der Waals surface area contributed by atoms with Crippen molar-refractivity contribution in [2.45, 2.75) is 0 Å². The van der Waals surface area contributed by atoms with Gasteiger partial charge in [-0.1, -0.05) is 90.5 Å². The second-order valence-electron chi connectivity index (χ2n) is 6.60. The Morgan fingerprint density at radius 2 is 1.17 bits per heavy atom. The largest absolute Gasteiger partial charge is 0.289 e. The van der Waals surface area contributed by atoms with Gasteiger partial charge in [-0.25, -0.2) is 0 Å². The molecule has 5 rings (SSSR count). The Kier molecular flexibility index (Phi) is 6.03. The van der Waals surface area contributed by atoms with Gasteiger partial charge < -0.3 is 0 Å². The summed E-state index contributed by atoms with van der Waals surface area (Å²) in [5.74, 6) is 0.0752. The first-order valence-electron chi connectivity index (χ1n) is 9.40. The fourth-order valence-corrected chi connectivity index (χ4v) is 4.57. The molecule has 4 aromatic carbocycles. The molecule has 0 atom stereocenters. The fourth-order valence-electron chi connectivity index (χ4n) is 3.15. The van der Waals surface area contributed by atoms with Crippen molar-refractivity contribution in [3.8, 4) is 0 Å². The Morgan fingerprint density at radius 3 is 1.80 bits per heavy atom. The van der Waals surface area contributed by atoms with Crippen molar-refractivity contribution < 1.29 is 4.79 Å². The van der Waals surface area contributed by atoms with Gasteiger partial charge in [-0.15, -0.1) is 11.3 Å². The lowest BCUT2D eigenvalue weighted by Crippen LogP contribution is -2.01. The van der Waals surface area contributed by atoms with Gasteiger partial charge in [0.2, 0.25) is 0 Å². The van der Waals surface area contributed by atoms with Crippen molar-refractivity contribution in [2.24, 2.45) is 0 Å². The first-order valence-corrected chi connectivity index (χ1v) is 10.6. The van der Waals surface area contributed by atoms with Crippen LogP contribution >= 0.6 is 22.9 Å². The summed E-state index contributed by atoms with van der Waals surface area (Å²) in [7, 11) is 0. The van der Waals surface area contributed by atoms with Gasteiger partial charge in [0, 0.05) is 25.9 Å². The number of carbonyl (C=O) groups excluding carboxylic acids is 1. The van der Waals surface area contributed by atoms with Crippen molar-refractivity contribution in [2.75, 3.05) is 0 Å². The Balaban J connectivity index is 0.000000147. The highest BCUT2D eigenvalue weighted by molar-refractivity contribution is 7.24. The summed E-state index contributed by atoms with van der Waals surface area (Å²) in [6.07, 6.45) is 0. The molecule has 30 heavy (non-hydrogen) atoms. The van der Waals surface area contributed by atoms with Gasteiger partial charge in [0.1, 0.15) is 0 Å². The van der Waals surface area contributed by atoms with Gasteiger partial charge in [0.25, 0.3) is 0 Å². The van der Waals surface area contributed by atoms with E-state index in [1.54, 1.807) is 17.4 Å². The van der Waals surface area contributed by atoms with Crippen LogP contribution in [-0.2, 0) is 0 Å². The number of halogens is 1. The van der Waals surface area contributed by atoms with Crippen LogP contribution < -0.4 is 5.43 Å². The summed E-state index contributed by atoms with van der Waals surface area (Å²) in [6, 6.07) is 31.8. The molecule has 0 radical (unpaired) electrons. The van der Waals surface area contributed by atoms with Crippen LogP contribution in [0.1, 0.15) is 15.9 Å². The van der Waals surface area contributed by atoms with Gasteiger partial charge in [-0.3, -0.25) is 9.59 Å². The molecule has 0 amide bonds. The molecule has 1 heterocycles. The molecule has 0 saturated carbocycles. The number of rotatable bonds is 2. The Morgan fingerprint density at radius 1 is 0.633 bits per heavy atom. The molecule has 0 aliphatic carbocycles. The average molecular weight is 429 g/mol. The number of ketones is 1. The summed E-state index contributed by atoms with van der Waals surface area (Å²) in [5, 5.41) is 1.91. The van der Waals surface area contributed by atoms with Crippen LogP contribution in [0.2, 0.25) is 5.02 Å². The normalized spacial score (nSPS) is 10.4. The van der Waals surface area contributed by atoms with E-state index in [-0.39, 0.29) is 11.2 Å². The van der Waals surface area contributed by atoms with E-state index in [0.29, 0.717) is 10.4 Å². The third kappa shape index (κ3) is 4.18. The zero-order valence-corrected chi connectivity index (χ0v) is 17.5. The topological polar surface area (TPSA) is 34.1 Å². The van der Waals surface area contributed by atoms with E-state index >= 15 is 0 Å².